The van der Waals surface area contributed by atoms with Crippen molar-refractivity contribution in [3.05, 3.63) is 0 Å². The van der Waals surface area contributed by atoms with Crippen LogP contribution in [0, 0.1) is 5.41 Å². The van der Waals surface area contributed by atoms with Crippen LogP contribution in [0.25, 0.3) is 0 Å². The molecule has 5 nitrogen and oxygen atoms in total. The zero-order valence-corrected chi connectivity index (χ0v) is 11.9. The number of carboxylic acids is 1. The Morgan fingerprint density at radius 2 is 1.53 bits per heavy atom. The van der Waals surface area contributed by atoms with Crippen molar-refractivity contribution in [1.29, 1.82) is 0 Å². The number of unbranched alkanes of at least 4 members (excludes halogenated alkanes) is 1. The average Bonchev–Trinajstić information content (AvgIpc) is 3.17. The third-order valence-corrected chi connectivity index (χ3v) is 3.42. The van der Waals surface area contributed by atoms with E-state index in [0.29, 0.717) is 39.5 Å². The van der Waals surface area contributed by atoms with Crippen molar-refractivity contribution in [3.63, 3.8) is 0 Å². The quantitative estimate of drug-likeness (QED) is 0.521. The Morgan fingerprint density at radius 1 is 1.00 bits per heavy atom. The summed E-state index contributed by atoms with van der Waals surface area (Å²) in [5, 5.41) is 8.97. The van der Waals surface area contributed by atoms with E-state index in [4.69, 9.17) is 19.3 Å². The molecule has 0 heterocycles. The molecule has 0 aromatic rings. The Balaban J connectivity index is 1.78. The van der Waals surface area contributed by atoms with Crippen molar-refractivity contribution in [1.82, 2.24) is 0 Å². The summed E-state index contributed by atoms with van der Waals surface area (Å²) in [6, 6.07) is 0. The third-order valence-electron chi connectivity index (χ3n) is 3.42. The third kappa shape index (κ3) is 6.89. The fourth-order valence-corrected chi connectivity index (χ4v) is 1.78. The van der Waals surface area contributed by atoms with Crippen molar-refractivity contribution < 1.29 is 24.1 Å². The number of rotatable bonds is 13. The molecule has 0 aromatic heterocycles. The minimum absolute atomic E-state index is 0.478. The molecule has 1 saturated carbocycles. The van der Waals surface area contributed by atoms with Gasteiger partial charge >= 0.3 is 5.97 Å². The van der Waals surface area contributed by atoms with Gasteiger partial charge in [-0.25, -0.2) is 0 Å². The van der Waals surface area contributed by atoms with Gasteiger partial charge in [-0.2, -0.15) is 0 Å². The first kappa shape index (κ1) is 16.4. The Labute approximate surface area is 115 Å². The number of aliphatic carboxylic acids is 1. The van der Waals surface area contributed by atoms with Crippen molar-refractivity contribution in [2.75, 3.05) is 39.6 Å². The molecule has 112 valence electrons. The zero-order valence-electron chi connectivity index (χ0n) is 11.9. The van der Waals surface area contributed by atoms with Crippen LogP contribution in [0.5, 0.6) is 0 Å². The second-order valence-corrected chi connectivity index (χ2v) is 5.03. The molecule has 0 amide bonds. The fraction of sp³-hybridized carbons (Fsp3) is 0.929. The van der Waals surface area contributed by atoms with Gasteiger partial charge < -0.3 is 19.3 Å². The van der Waals surface area contributed by atoms with Crippen molar-refractivity contribution in [2.24, 2.45) is 5.41 Å². The molecule has 1 aliphatic rings. The Hall–Kier alpha value is -0.650. The first-order valence-corrected chi connectivity index (χ1v) is 7.18. The fourth-order valence-electron chi connectivity index (χ4n) is 1.78. The van der Waals surface area contributed by atoms with E-state index in [-0.39, 0.29) is 0 Å². The summed E-state index contributed by atoms with van der Waals surface area (Å²) in [5.74, 6) is -0.684. The largest absolute Gasteiger partial charge is 0.481 e. The van der Waals surface area contributed by atoms with Crippen LogP contribution in [0.4, 0.5) is 0 Å². The van der Waals surface area contributed by atoms with E-state index in [2.05, 4.69) is 6.92 Å². The molecule has 0 spiro atoms. The van der Waals surface area contributed by atoms with Crippen LogP contribution in [-0.2, 0) is 19.0 Å². The average molecular weight is 274 g/mol. The first-order chi connectivity index (χ1) is 9.21. The predicted molar refractivity (Wildman–Crippen MR) is 71.3 cm³/mol. The monoisotopic (exact) mass is 274 g/mol. The molecule has 0 aliphatic heterocycles. The molecule has 19 heavy (non-hydrogen) atoms. The molecule has 1 fully saturated rings. The minimum atomic E-state index is -0.684. The molecular formula is C14H26O5. The SMILES string of the molecule is CCCCOCCOCCOCCC1(C(=O)O)CC1. The number of carbonyl (C=O) groups is 1. The van der Waals surface area contributed by atoms with Gasteiger partial charge in [0.25, 0.3) is 0 Å². The maximum atomic E-state index is 10.9. The van der Waals surface area contributed by atoms with Gasteiger partial charge in [0.05, 0.1) is 31.8 Å². The normalized spacial score (nSPS) is 16.5. The minimum Gasteiger partial charge on any atom is -0.481 e. The molecule has 0 radical (unpaired) electrons. The van der Waals surface area contributed by atoms with Crippen LogP contribution >= 0.6 is 0 Å². The van der Waals surface area contributed by atoms with E-state index >= 15 is 0 Å². The molecule has 0 aromatic carbocycles. The molecule has 0 atom stereocenters. The van der Waals surface area contributed by atoms with E-state index < -0.39 is 11.4 Å². The lowest BCUT2D eigenvalue weighted by Gasteiger charge is -2.10. The van der Waals surface area contributed by atoms with Gasteiger partial charge in [-0.3, -0.25) is 4.79 Å². The molecule has 5 heteroatoms. The van der Waals surface area contributed by atoms with Crippen LogP contribution < -0.4 is 0 Å². The maximum Gasteiger partial charge on any atom is 0.309 e. The maximum absolute atomic E-state index is 10.9. The first-order valence-electron chi connectivity index (χ1n) is 7.18. The highest BCUT2D eigenvalue weighted by molar-refractivity contribution is 5.77. The highest BCUT2D eigenvalue weighted by Gasteiger charge is 2.49. The molecule has 0 saturated heterocycles. The molecule has 0 unspecified atom stereocenters. The van der Waals surface area contributed by atoms with Crippen LogP contribution in [0.2, 0.25) is 0 Å². The van der Waals surface area contributed by atoms with Gasteiger partial charge in [0.1, 0.15) is 0 Å². The summed E-state index contributed by atoms with van der Waals surface area (Å²) in [5.41, 5.74) is -0.478. The summed E-state index contributed by atoms with van der Waals surface area (Å²) >= 11 is 0. The van der Waals surface area contributed by atoms with E-state index in [9.17, 15) is 4.79 Å². The Bertz CT molecular complexity index is 250. The van der Waals surface area contributed by atoms with E-state index in [1.54, 1.807) is 0 Å². The molecule has 1 aliphatic carbocycles. The van der Waals surface area contributed by atoms with Crippen LogP contribution in [0.3, 0.4) is 0 Å². The highest BCUT2D eigenvalue weighted by Crippen LogP contribution is 2.48. The molecular weight excluding hydrogens is 248 g/mol. The smallest absolute Gasteiger partial charge is 0.309 e. The summed E-state index contributed by atoms with van der Waals surface area (Å²) in [6.45, 7) is 5.71. The Morgan fingerprint density at radius 3 is 2.00 bits per heavy atom. The van der Waals surface area contributed by atoms with Gasteiger partial charge in [0.2, 0.25) is 0 Å². The van der Waals surface area contributed by atoms with Crippen LogP contribution in [0.15, 0.2) is 0 Å². The van der Waals surface area contributed by atoms with Gasteiger partial charge in [0, 0.05) is 13.2 Å². The highest BCUT2D eigenvalue weighted by atomic mass is 16.5. The van der Waals surface area contributed by atoms with Gasteiger partial charge in [-0.05, 0) is 25.7 Å². The summed E-state index contributed by atoms with van der Waals surface area (Å²) in [6.07, 6.45) is 4.43. The zero-order chi connectivity index (χ0) is 14.0. The van der Waals surface area contributed by atoms with Crippen LogP contribution in [0.1, 0.15) is 39.0 Å². The van der Waals surface area contributed by atoms with E-state index in [0.717, 1.165) is 32.3 Å². The van der Waals surface area contributed by atoms with Crippen molar-refractivity contribution in [2.45, 2.75) is 39.0 Å². The summed E-state index contributed by atoms with van der Waals surface area (Å²) < 4.78 is 16.1. The Kier molecular flexibility index (Phi) is 8.02. The molecule has 1 N–H and O–H groups in total. The van der Waals surface area contributed by atoms with Gasteiger partial charge in [-0.1, -0.05) is 13.3 Å². The summed E-state index contributed by atoms with van der Waals surface area (Å²) in [4.78, 5) is 10.9. The van der Waals surface area contributed by atoms with Gasteiger partial charge in [0.15, 0.2) is 0 Å². The standard InChI is InChI=1S/C14H26O5/c1-2-3-7-17-9-11-19-12-10-18-8-6-14(4-5-14)13(15)16/h2-12H2,1H3,(H,15,16). The second-order valence-electron chi connectivity index (χ2n) is 5.03. The lowest BCUT2D eigenvalue weighted by atomic mass is 10.0. The number of hydrogen-bond donors (Lipinski definition) is 1. The lowest BCUT2D eigenvalue weighted by Crippen LogP contribution is -2.18. The van der Waals surface area contributed by atoms with E-state index in [1.807, 2.05) is 0 Å². The number of carboxylic acid groups (broad SMARTS) is 1. The number of hydrogen-bond acceptors (Lipinski definition) is 4. The molecule has 0 bridgehead atoms. The molecule has 1 rings (SSSR count). The predicted octanol–water partition coefficient (Wildman–Crippen LogP) is 2.09. The van der Waals surface area contributed by atoms with Gasteiger partial charge in [-0.15, -0.1) is 0 Å². The lowest BCUT2D eigenvalue weighted by molar-refractivity contribution is -0.144. The van der Waals surface area contributed by atoms with Crippen LogP contribution in [-0.4, -0.2) is 50.7 Å². The summed E-state index contributed by atoms with van der Waals surface area (Å²) in [7, 11) is 0. The van der Waals surface area contributed by atoms with E-state index in [1.165, 1.54) is 0 Å². The van der Waals surface area contributed by atoms with Crippen molar-refractivity contribution >= 4 is 5.97 Å². The number of ether oxygens (including phenoxy) is 3. The topological polar surface area (TPSA) is 65.0 Å². The second kappa shape index (κ2) is 9.28. The van der Waals surface area contributed by atoms with Crippen molar-refractivity contribution in [3.8, 4) is 0 Å².